The van der Waals surface area contributed by atoms with Gasteiger partial charge in [-0.25, -0.2) is 4.79 Å². The van der Waals surface area contributed by atoms with Gasteiger partial charge in [0.05, 0.1) is 0 Å². The van der Waals surface area contributed by atoms with Gasteiger partial charge in [-0.15, -0.1) is 0 Å². The van der Waals surface area contributed by atoms with E-state index in [4.69, 9.17) is 16.3 Å². The topological polar surface area (TPSA) is 26.3 Å². The Morgan fingerprint density at radius 1 is 1.35 bits per heavy atom. The number of carbonyl (C=O) groups excluding carboxylic acids is 1. The first-order valence-electron chi connectivity index (χ1n) is 6.33. The molecule has 0 bridgehead atoms. The highest BCUT2D eigenvalue weighted by molar-refractivity contribution is 9.11. The van der Waals surface area contributed by atoms with E-state index in [1.165, 1.54) is 0 Å². The number of halogens is 2. The maximum atomic E-state index is 11.8. The third kappa shape index (κ3) is 9.16. The Morgan fingerprint density at radius 3 is 2.30 bits per heavy atom. The van der Waals surface area contributed by atoms with Gasteiger partial charge in [0.2, 0.25) is 0 Å². The minimum absolute atomic E-state index is 0.289. The maximum absolute atomic E-state index is 11.8. The summed E-state index contributed by atoms with van der Waals surface area (Å²) in [5.41, 5.74) is 1.08. The van der Waals surface area contributed by atoms with Crippen molar-refractivity contribution < 1.29 is 9.53 Å². The number of hydrogen-bond acceptors (Lipinski definition) is 2. The molecule has 0 N–H and O–H groups in total. The summed E-state index contributed by atoms with van der Waals surface area (Å²) >= 11 is 9.09. The minimum atomic E-state index is -0.474. The lowest BCUT2D eigenvalue weighted by Gasteiger charge is -2.19. The molecule has 0 atom stereocenters. The fraction of sp³-hybridized carbons (Fsp3) is 0.438. The van der Waals surface area contributed by atoms with Crippen LogP contribution in [0.1, 0.15) is 40.5 Å². The number of esters is 1. The van der Waals surface area contributed by atoms with Crippen LogP contribution in [0.3, 0.4) is 0 Å². The van der Waals surface area contributed by atoms with Crippen molar-refractivity contribution in [1.29, 1.82) is 0 Å². The van der Waals surface area contributed by atoms with Gasteiger partial charge in [-0.05, 0) is 52.2 Å². The van der Waals surface area contributed by atoms with Crippen LogP contribution >= 0.6 is 27.5 Å². The molecule has 2 nitrogen and oxygen atoms in total. The van der Waals surface area contributed by atoms with E-state index in [9.17, 15) is 4.79 Å². The molecule has 0 aromatic rings. The van der Waals surface area contributed by atoms with E-state index in [0.29, 0.717) is 17.0 Å². The molecule has 20 heavy (non-hydrogen) atoms. The van der Waals surface area contributed by atoms with Crippen LogP contribution in [0.4, 0.5) is 0 Å². The van der Waals surface area contributed by atoms with Crippen LogP contribution in [0, 0.1) is 0 Å². The van der Waals surface area contributed by atoms with E-state index in [1.807, 2.05) is 26.8 Å². The molecular formula is C16H22BrClO2. The molecule has 0 saturated carbocycles. The standard InChI is InChI=1S/C16H22BrClO2/c1-11(15(19)20-16(4,5)6)8-7-9-14(13(3)17)10-12(2)18/h8,10H,2-3,7,9H2,1,4-6H3/b11-8+,14-10-. The van der Waals surface area contributed by atoms with Crippen LogP contribution < -0.4 is 0 Å². The third-order valence-corrected chi connectivity index (χ3v) is 2.88. The van der Waals surface area contributed by atoms with Crippen molar-refractivity contribution in [3.8, 4) is 0 Å². The number of carbonyl (C=O) groups is 1. The predicted molar refractivity (Wildman–Crippen MR) is 90.0 cm³/mol. The van der Waals surface area contributed by atoms with Crippen molar-refractivity contribution >= 4 is 33.5 Å². The highest BCUT2D eigenvalue weighted by Gasteiger charge is 2.17. The molecule has 112 valence electrons. The first-order chi connectivity index (χ1) is 9.03. The van der Waals surface area contributed by atoms with E-state index in [1.54, 1.807) is 13.0 Å². The number of rotatable bonds is 6. The number of hydrogen-bond donors (Lipinski definition) is 0. The Balaban J connectivity index is 4.60. The van der Waals surface area contributed by atoms with Crippen LogP contribution in [0.2, 0.25) is 0 Å². The van der Waals surface area contributed by atoms with Crippen molar-refractivity contribution in [3.05, 3.63) is 46.0 Å². The first kappa shape index (κ1) is 19.2. The van der Waals surface area contributed by atoms with Gasteiger partial charge in [-0.1, -0.05) is 46.8 Å². The van der Waals surface area contributed by atoms with Crippen LogP contribution in [-0.4, -0.2) is 11.6 Å². The molecular weight excluding hydrogens is 340 g/mol. The summed E-state index contributed by atoms with van der Waals surface area (Å²) in [6, 6.07) is 0. The summed E-state index contributed by atoms with van der Waals surface area (Å²) in [7, 11) is 0. The van der Waals surface area contributed by atoms with Crippen LogP contribution in [0.15, 0.2) is 46.0 Å². The van der Waals surface area contributed by atoms with E-state index in [0.717, 1.165) is 16.5 Å². The number of allylic oxidation sites excluding steroid dienone is 5. The van der Waals surface area contributed by atoms with Gasteiger partial charge in [-0.3, -0.25) is 0 Å². The van der Waals surface area contributed by atoms with Crippen molar-refractivity contribution in [2.45, 2.75) is 46.1 Å². The summed E-state index contributed by atoms with van der Waals surface area (Å²) in [6.45, 7) is 14.7. The maximum Gasteiger partial charge on any atom is 0.333 e. The van der Waals surface area contributed by atoms with Crippen molar-refractivity contribution in [2.75, 3.05) is 0 Å². The second kappa shape index (κ2) is 8.48. The van der Waals surface area contributed by atoms with Crippen molar-refractivity contribution in [3.63, 3.8) is 0 Å². The molecule has 0 saturated heterocycles. The molecule has 0 aliphatic heterocycles. The Kier molecular flexibility index (Phi) is 8.14. The molecule has 0 radical (unpaired) electrons. The molecule has 4 heteroatoms. The first-order valence-corrected chi connectivity index (χ1v) is 7.50. The molecule has 0 aliphatic carbocycles. The van der Waals surface area contributed by atoms with E-state index in [2.05, 4.69) is 29.1 Å². The zero-order valence-electron chi connectivity index (χ0n) is 12.6. The summed E-state index contributed by atoms with van der Waals surface area (Å²) in [4.78, 5) is 11.8. The van der Waals surface area contributed by atoms with Crippen LogP contribution in [-0.2, 0) is 9.53 Å². The fourth-order valence-corrected chi connectivity index (χ4v) is 1.81. The van der Waals surface area contributed by atoms with Crippen molar-refractivity contribution in [2.24, 2.45) is 0 Å². The highest BCUT2D eigenvalue weighted by Crippen LogP contribution is 2.23. The van der Waals surface area contributed by atoms with Gasteiger partial charge in [-0.2, -0.15) is 0 Å². The molecule has 0 fully saturated rings. The Labute approximate surface area is 135 Å². The van der Waals surface area contributed by atoms with Gasteiger partial charge < -0.3 is 4.74 Å². The molecule has 0 aromatic heterocycles. The van der Waals surface area contributed by atoms with Gasteiger partial charge in [0.25, 0.3) is 0 Å². The quantitative estimate of drug-likeness (QED) is 0.347. The second-order valence-electron chi connectivity index (χ2n) is 5.45. The molecule has 0 spiro atoms. The van der Waals surface area contributed by atoms with Gasteiger partial charge >= 0.3 is 5.97 Å². The normalized spacial score (nSPS) is 13.1. The molecule has 0 aliphatic rings. The zero-order chi connectivity index (χ0) is 15.9. The fourth-order valence-electron chi connectivity index (χ4n) is 1.36. The van der Waals surface area contributed by atoms with Gasteiger partial charge in [0.15, 0.2) is 0 Å². The molecule has 0 rings (SSSR count). The molecule has 0 amide bonds. The molecule has 0 unspecified atom stereocenters. The Bertz CT molecular complexity index is 454. The smallest absolute Gasteiger partial charge is 0.333 e. The Morgan fingerprint density at radius 2 is 1.90 bits per heavy atom. The van der Waals surface area contributed by atoms with Crippen LogP contribution in [0.5, 0.6) is 0 Å². The third-order valence-electron chi connectivity index (χ3n) is 2.26. The largest absolute Gasteiger partial charge is 0.457 e. The average molecular weight is 362 g/mol. The van der Waals surface area contributed by atoms with Gasteiger partial charge in [0.1, 0.15) is 5.60 Å². The van der Waals surface area contributed by atoms with Crippen LogP contribution in [0.25, 0.3) is 0 Å². The van der Waals surface area contributed by atoms with Crippen molar-refractivity contribution in [1.82, 2.24) is 0 Å². The minimum Gasteiger partial charge on any atom is -0.457 e. The molecule has 0 aromatic carbocycles. The lowest BCUT2D eigenvalue weighted by atomic mass is 10.1. The summed E-state index contributed by atoms with van der Waals surface area (Å²) in [6.07, 6.45) is 5.03. The number of ether oxygens (including phenoxy) is 1. The highest BCUT2D eigenvalue weighted by atomic mass is 79.9. The van der Waals surface area contributed by atoms with E-state index < -0.39 is 5.60 Å². The monoisotopic (exact) mass is 360 g/mol. The summed E-state index contributed by atoms with van der Waals surface area (Å²) < 4.78 is 6.05. The molecule has 0 heterocycles. The summed E-state index contributed by atoms with van der Waals surface area (Å²) in [5.74, 6) is -0.289. The van der Waals surface area contributed by atoms with E-state index >= 15 is 0 Å². The van der Waals surface area contributed by atoms with E-state index in [-0.39, 0.29) is 5.97 Å². The lowest BCUT2D eigenvalue weighted by Crippen LogP contribution is -2.24. The predicted octanol–water partition coefficient (Wildman–Crippen LogP) is 5.64. The zero-order valence-corrected chi connectivity index (χ0v) is 14.9. The Hall–Kier alpha value is -0.800. The second-order valence-corrected chi connectivity index (χ2v) is 6.89. The van der Waals surface area contributed by atoms with Gasteiger partial charge in [0, 0.05) is 15.1 Å². The average Bonchev–Trinajstić information content (AvgIpc) is 2.24. The lowest BCUT2D eigenvalue weighted by molar-refractivity contribution is -0.149. The SMILES string of the molecule is C=C(Cl)/C=C(/CC/C=C(\C)C(=O)OC(C)(C)C)C(=C)Br. The summed E-state index contributed by atoms with van der Waals surface area (Å²) in [5, 5.41) is 0.452.